The van der Waals surface area contributed by atoms with Crippen LogP contribution < -0.4 is 10.6 Å². The van der Waals surface area contributed by atoms with Crippen molar-refractivity contribution < 1.29 is 9.72 Å². The van der Waals surface area contributed by atoms with Crippen molar-refractivity contribution in [1.82, 2.24) is 10.2 Å². The van der Waals surface area contributed by atoms with Crippen LogP contribution >= 0.6 is 0 Å². The third kappa shape index (κ3) is 4.43. The van der Waals surface area contributed by atoms with Gasteiger partial charge in [-0.05, 0) is 43.6 Å². The van der Waals surface area contributed by atoms with E-state index in [0.29, 0.717) is 12.2 Å². The van der Waals surface area contributed by atoms with Gasteiger partial charge >= 0.3 is 0 Å². The molecule has 7 nitrogen and oxygen atoms in total. The number of nitrogens with zero attached hydrogens (tertiary/aromatic N) is 2. The monoisotopic (exact) mass is 368 g/mol. The van der Waals surface area contributed by atoms with Gasteiger partial charge in [-0.3, -0.25) is 19.8 Å². The molecule has 0 aromatic heterocycles. The van der Waals surface area contributed by atoms with E-state index in [-0.39, 0.29) is 23.2 Å². The van der Waals surface area contributed by atoms with Gasteiger partial charge in [0.1, 0.15) is 5.69 Å². The van der Waals surface area contributed by atoms with E-state index in [1.54, 1.807) is 19.2 Å². The van der Waals surface area contributed by atoms with Gasteiger partial charge in [0.15, 0.2) is 0 Å². The first-order valence-corrected chi connectivity index (χ1v) is 9.13. The molecule has 7 heteroatoms. The molecule has 142 valence electrons. The van der Waals surface area contributed by atoms with Crippen LogP contribution in [0, 0.1) is 10.1 Å². The minimum absolute atomic E-state index is 0.101. The highest BCUT2D eigenvalue weighted by Gasteiger charge is 2.24. The average molecular weight is 368 g/mol. The molecular weight excluding hydrogens is 344 g/mol. The van der Waals surface area contributed by atoms with E-state index >= 15 is 0 Å². The Morgan fingerprint density at radius 3 is 2.52 bits per heavy atom. The predicted octanol–water partition coefficient (Wildman–Crippen LogP) is 3.20. The van der Waals surface area contributed by atoms with E-state index in [9.17, 15) is 14.9 Å². The molecule has 0 saturated carbocycles. The summed E-state index contributed by atoms with van der Waals surface area (Å²) in [5.74, 6) is -0.305. The zero-order chi connectivity index (χ0) is 19.2. The fourth-order valence-corrected chi connectivity index (χ4v) is 3.51. The molecule has 0 aliphatic carbocycles. The van der Waals surface area contributed by atoms with E-state index in [4.69, 9.17) is 0 Å². The van der Waals surface area contributed by atoms with Crippen LogP contribution in [0.5, 0.6) is 0 Å². The second kappa shape index (κ2) is 8.64. The normalized spacial score (nSPS) is 15.3. The molecule has 3 rings (SSSR count). The molecule has 1 unspecified atom stereocenters. The first-order chi connectivity index (χ1) is 13.1. The van der Waals surface area contributed by atoms with Gasteiger partial charge in [0, 0.05) is 25.2 Å². The zero-order valence-electron chi connectivity index (χ0n) is 15.4. The third-order valence-electron chi connectivity index (χ3n) is 4.95. The molecule has 2 N–H and O–H groups in total. The third-order valence-corrected chi connectivity index (χ3v) is 4.95. The number of likely N-dealkylation sites (tertiary alicyclic amines) is 1. The summed E-state index contributed by atoms with van der Waals surface area (Å²) in [4.78, 5) is 25.7. The average Bonchev–Trinajstić information content (AvgIpc) is 3.22. The summed E-state index contributed by atoms with van der Waals surface area (Å²) in [7, 11) is 1.61. The molecule has 0 bridgehead atoms. The van der Waals surface area contributed by atoms with E-state index in [1.165, 1.54) is 6.07 Å². The lowest BCUT2D eigenvalue weighted by Crippen LogP contribution is -2.36. The van der Waals surface area contributed by atoms with Crippen LogP contribution in [0.3, 0.4) is 0 Å². The number of carbonyl (C=O) groups is 1. The van der Waals surface area contributed by atoms with Gasteiger partial charge in [-0.15, -0.1) is 0 Å². The molecule has 1 saturated heterocycles. The summed E-state index contributed by atoms with van der Waals surface area (Å²) < 4.78 is 0. The number of carbonyl (C=O) groups excluding carboxylic acids is 1. The molecule has 2 aromatic carbocycles. The standard InChI is InChI=1S/C20H24N4O3/c1-21-17-10-9-16(13-18(17)24(26)27)20(25)22-14-19(23-11-5-6-12-23)15-7-3-2-4-8-15/h2-4,7-10,13,19,21H,5-6,11-12,14H2,1H3,(H,22,25). The highest BCUT2D eigenvalue weighted by molar-refractivity contribution is 5.95. The number of nitro groups is 1. The van der Waals surface area contributed by atoms with Gasteiger partial charge in [-0.25, -0.2) is 0 Å². The van der Waals surface area contributed by atoms with Crippen molar-refractivity contribution in [3.05, 3.63) is 69.8 Å². The summed E-state index contributed by atoms with van der Waals surface area (Å²) in [6.45, 7) is 2.49. The molecule has 27 heavy (non-hydrogen) atoms. The van der Waals surface area contributed by atoms with Crippen LogP contribution in [0.1, 0.15) is 34.8 Å². The molecule has 1 aliphatic heterocycles. The van der Waals surface area contributed by atoms with Crippen LogP contribution in [0.25, 0.3) is 0 Å². The summed E-state index contributed by atoms with van der Waals surface area (Å²) in [5, 5.41) is 16.9. The van der Waals surface area contributed by atoms with Crippen molar-refractivity contribution in [1.29, 1.82) is 0 Å². The maximum Gasteiger partial charge on any atom is 0.293 e. The van der Waals surface area contributed by atoms with Gasteiger partial charge in [0.25, 0.3) is 11.6 Å². The van der Waals surface area contributed by atoms with E-state index in [1.807, 2.05) is 18.2 Å². The largest absolute Gasteiger partial charge is 0.383 e. The number of rotatable bonds is 7. The molecule has 0 radical (unpaired) electrons. The summed E-state index contributed by atoms with van der Waals surface area (Å²) >= 11 is 0. The Hall–Kier alpha value is -2.93. The minimum atomic E-state index is -0.486. The SMILES string of the molecule is CNc1ccc(C(=O)NCC(c2ccccc2)N2CCCC2)cc1[N+](=O)[O-]. The van der Waals surface area contributed by atoms with E-state index in [0.717, 1.165) is 31.5 Å². The van der Waals surface area contributed by atoms with E-state index < -0.39 is 4.92 Å². The van der Waals surface area contributed by atoms with Crippen molar-refractivity contribution in [2.45, 2.75) is 18.9 Å². The Morgan fingerprint density at radius 1 is 1.19 bits per heavy atom. The number of hydrogen-bond donors (Lipinski definition) is 2. The van der Waals surface area contributed by atoms with Gasteiger partial charge in [0.2, 0.25) is 0 Å². The van der Waals surface area contributed by atoms with Crippen LogP contribution in [0.15, 0.2) is 48.5 Å². The molecular formula is C20H24N4O3. The van der Waals surface area contributed by atoms with Crippen molar-refractivity contribution in [2.24, 2.45) is 0 Å². The Morgan fingerprint density at radius 2 is 1.89 bits per heavy atom. The Bertz CT molecular complexity index is 804. The smallest absolute Gasteiger partial charge is 0.293 e. The van der Waals surface area contributed by atoms with Crippen LogP contribution in [0.4, 0.5) is 11.4 Å². The number of amides is 1. The molecule has 1 atom stereocenters. The van der Waals surface area contributed by atoms with Gasteiger partial charge in [-0.2, -0.15) is 0 Å². The molecule has 2 aromatic rings. The Labute approximate surface area is 158 Å². The number of benzene rings is 2. The van der Waals surface area contributed by atoms with E-state index in [2.05, 4.69) is 27.7 Å². The minimum Gasteiger partial charge on any atom is -0.383 e. The number of hydrogen-bond acceptors (Lipinski definition) is 5. The number of nitrogens with one attached hydrogen (secondary N) is 2. The maximum absolute atomic E-state index is 12.6. The molecule has 1 amide bonds. The summed E-state index contributed by atoms with van der Waals surface area (Å²) in [6, 6.07) is 14.7. The Balaban J connectivity index is 1.74. The maximum atomic E-state index is 12.6. The van der Waals surface area contributed by atoms with Crippen LogP contribution in [-0.2, 0) is 0 Å². The van der Waals surface area contributed by atoms with Gasteiger partial charge < -0.3 is 10.6 Å². The fourth-order valence-electron chi connectivity index (χ4n) is 3.51. The first-order valence-electron chi connectivity index (χ1n) is 9.13. The quantitative estimate of drug-likeness (QED) is 0.579. The lowest BCUT2D eigenvalue weighted by molar-refractivity contribution is -0.384. The van der Waals surface area contributed by atoms with Gasteiger partial charge in [-0.1, -0.05) is 30.3 Å². The van der Waals surface area contributed by atoms with Gasteiger partial charge in [0.05, 0.1) is 11.0 Å². The van der Waals surface area contributed by atoms with Crippen molar-refractivity contribution in [3.63, 3.8) is 0 Å². The second-order valence-electron chi connectivity index (χ2n) is 6.62. The number of anilines is 1. The highest BCUT2D eigenvalue weighted by atomic mass is 16.6. The molecule has 1 aliphatic rings. The molecule has 0 spiro atoms. The molecule has 1 heterocycles. The van der Waals surface area contributed by atoms with Crippen molar-refractivity contribution >= 4 is 17.3 Å². The Kier molecular flexibility index (Phi) is 6.03. The molecule has 1 fully saturated rings. The van der Waals surface area contributed by atoms with Crippen molar-refractivity contribution in [3.8, 4) is 0 Å². The predicted molar refractivity (Wildman–Crippen MR) is 105 cm³/mol. The lowest BCUT2D eigenvalue weighted by Gasteiger charge is -2.28. The fraction of sp³-hybridized carbons (Fsp3) is 0.350. The second-order valence-corrected chi connectivity index (χ2v) is 6.62. The topological polar surface area (TPSA) is 87.5 Å². The summed E-state index contributed by atoms with van der Waals surface area (Å²) in [6.07, 6.45) is 2.32. The zero-order valence-corrected chi connectivity index (χ0v) is 15.4. The van der Waals surface area contributed by atoms with Crippen molar-refractivity contribution in [2.75, 3.05) is 32.0 Å². The lowest BCUT2D eigenvalue weighted by atomic mass is 10.1. The number of nitro benzene ring substituents is 1. The summed E-state index contributed by atoms with van der Waals surface area (Å²) in [5.41, 5.74) is 1.73. The first kappa shape index (κ1) is 18.8. The van der Waals surface area contributed by atoms with Crippen LogP contribution in [0.2, 0.25) is 0 Å². The highest BCUT2D eigenvalue weighted by Crippen LogP contribution is 2.26. The van der Waals surface area contributed by atoms with Crippen LogP contribution in [-0.4, -0.2) is 42.4 Å².